The molecule has 98 valence electrons. The van der Waals surface area contributed by atoms with Crippen LogP contribution in [0.1, 0.15) is 18.9 Å². The first-order chi connectivity index (χ1) is 8.49. The molecule has 4 nitrogen and oxygen atoms in total. The van der Waals surface area contributed by atoms with Crippen LogP contribution in [0.4, 0.5) is 0 Å². The predicted molar refractivity (Wildman–Crippen MR) is 70.5 cm³/mol. The van der Waals surface area contributed by atoms with E-state index in [0.717, 1.165) is 11.1 Å². The lowest BCUT2D eigenvalue weighted by Gasteiger charge is -2.12. The van der Waals surface area contributed by atoms with Crippen molar-refractivity contribution in [2.75, 3.05) is 14.2 Å². The number of rotatable bonds is 5. The standard InChI is InChI=1S/C13H15ClO4/c1-8(4-5-13(15)16)9-6-12(18-3)10(14)7-11(9)17-2/h4,6-7H,5H2,1-3H3,(H,15,16)/b8-4+. The first-order valence-electron chi connectivity index (χ1n) is 5.30. The van der Waals surface area contributed by atoms with Gasteiger partial charge in [0.15, 0.2) is 0 Å². The number of methoxy groups -OCH3 is 2. The fraction of sp³-hybridized carbons (Fsp3) is 0.308. The number of aliphatic carboxylic acids is 1. The van der Waals surface area contributed by atoms with E-state index in [1.165, 1.54) is 14.2 Å². The molecule has 18 heavy (non-hydrogen) atoms. The summed E-state index contributed by atoms with van der Waals surface area (Å²) in [6.45, 7) is 1.81. The van der Waals surface area contributed by atoms with Gasteiger partial charge in [0.2, 0.25) is 0 Å². The van der Waals surface area contributed by atoms with Crippen LogP contribution in [0.2, 0.25) is 5.02 Å². The molecule has 0 aliphatic carbocycles. The Morgan fingerprint density at radius 1 is 1.33 bits per heavy atom. The van der Waals surface area contributed by atoms with E-state index in [1.54, 1.807) is 18.2 Å². The van der Waals surface area contributed by atoms with Crippen LogP contribution in [0.3, 0.4) is 0 Å². The second-order valence-corrected chi connectivity index (χ2v) is 4.08. The first kappa shape index (κ1) is 14.4. The summed E-state index contributed by atoms with van der Waals surface area (Å²) >= 11 is 5.99. The topological polar surface area (TPSA) is 55.8 Å². The Kier molecular flexibility index (Phi) is 5.04. The lowest BCUT2D eigenvalue weighted by Crippen LogP contribution is -1.95. The first-order valence-corrected chi connectivity index (χ1v) is 5.67. The van der Waals surface area contributed by atoms with Gasteiger partial charge in [-0.3, -0.25) is 4.79 Å². The molecular formula is C13H15ClO4. The number of halogens is 1. The number of allylic oxidation sites excluding steroid dienone is 1. The number of carboxylic acid groups (broad SMARTS) is 1. The van der Waals surface area contributed by atoms with Crippen molar-refractivity contribution in [2.45, 2.75) is 13.3 Å². The summed E-state index contributed by atoms with van der Waals surface area (Å²) in [5.74, 6) is 0.227. The van der Waals surface area contributed by atoms with Gasteiger partial charge in [-0.2, -0.15) is 0 Å². The van der Waals surface area contributed by atoms with E-state index < -0.39 is 5.97 Å². The number of benzene rings is 1. The quantitative estimate of drug-likeness (QED) is 0.892. The summed E-state index contributed by atoms with van der Waals surface area (Å²) in [5, 5.41) is 9.11. The second kappa shape index (κ2) is 6.31. The number of ether oxygens (including phenoxy) is 2. The van der Waals surface area contributed by atoms with Gasteiger partial charge in [0.05, 0.1) is 25.7 Å². The molecule has 0 unspecified atom stereocenters. The van der Waals surface area contributed by atoms with E-state index in [4.69, 9.17) is 26.2 Å². The molecule has 1 aromatic rings. The number of carboxylic acids is 1. The van der Waals surface area contributed by atoms with Gasteiger partial charge in [0.1, 0.15) is 11.5 Å². The molecule has 0 heterocycles. The molecule has 0 fully saturated rings. The van der Waals surface area contributed by atoms with Crippen molar-refractivity contribution < 1.29 is 19.4 Å². The van der Waals surface area contributed by atoms with Crippen molar-refractivity contribution >= 4 is 23.1 Å². The third-order valence-electron chi connectivity index (χ3n) is 2.48. The van der Waals surface area contributed by atoms with Crippen molar-refractivity contribution in [1.82, 2.24) is 0 Å². The van der Waals surface area contributed by atoms with E-state index in [1.807, 2.05) is 6.92 Å². The van der Waals surface area contributed by atoms with E-state index in [2.05, 4.69) is 0 Å². The van der Waals surface area contributed by atoms with Crippen molar-refractivity contribution in [2.24, 2.45) is 0 Å². The monoisotopic (exact) mass is 270 g/mol. The van der Waals surface area contributed by atoms with Crippen molar-refractivity contribution in [3.05, 3.63) is 28.8 Å². The van der Waals surface area contributed by atoms with Crippen LogP contribution in [-0.2, 0) is 4.79 Å². The Morgan fingerprint density at radius 2 is 1.94 bits per heavy atom. The number of carbonyl (C=O) groups is 1. The fourth-order valence-electron chi connectivity index (χ4n) is 1.52. The third kappa shape index (κ3) is 3.40. The Hall–Kier alpha value is -1.68. The zero-order valence-corrected chi connectivity index (χ0v) is 11.2. The maximum absolute atomic E-state index is 10.5. The molecule has 1 N–H and O–H groups in total. The highest BCUT2D eigenvalue weighted by Gasteiger charge is 2.11. The summed E-state index contributed by atoms with van der Waals surface area (Å²) in [7, 11) is 3.06. The molecule has 5 heteroatoms. The zero-order valence-electron chi connectivity index (χ0n) is 10.5. The van der Waals surface area contributed by atoms with Crippen molar-refractivity contribution in [3.8, 4) is 11.5 Å². The SMILES string of the molecule is COc1cc(/C(C)=C/CC(=O)O)c(OC)cc1Cl. The molecule has 0 aliphatic rings. The van der Waals surface area contributed by atoms with Crippen molar-refractivity contribution in [3.63, 3.8) is 0 Å². The Bertz CT molecular complexity index is 480. The van der Waals surface area contributed by atoms with Gasteiger partial charge in [-0.25, -0.2) is 0 Å². The van der Waals surface area contributed by atoms with E-state index >= 15 is 0 Å². The minimum Gasteiger partial charge on any atom is -0.496 e. The molecule has 0 aliphatic heterocycles. The third-order valence-corrected chi connectivity index (χ3v) is 2.78. The lowest BCUT2D eigenvalue weighted by molar-refractivity contribution is -0.135. The molecule has 0 bridgehead atoms. The van der Waals surface area contributed by atoms with Gasteiger partial charge in [-0.15, -0.1) is 0 Å². The molecule has 0 amide bonds. The molecule has 0 spiro atoms. The maximum Gasteiger partial charge on any atom is 0.307 e. The summed E-state index contributed by atoms with van der Waals surface area (Å²) in [4.78, 5) is 10.5. The van der Waals surface area contributed by atoms with Crippen molar-refractivity contribution in [1.29, 1.82) is 0 Å². The summed E-state index contributed by atoms with van der Waals surface area (Å²) in [6, 6.07) is 3.38. The van der Waals surface area contributed by atoms with Gasteiger partial charge < -0.3 is 14.6 Å². The molecular weight excluding hydrogens is 256 g/mol. The highest BCUT2D eigenvalue weighted by atomic mass is 35.5. The van der Waals surface area contributed by atoms with Crippen LogP contribution in [-0.4, -0.2) is 25.3 Å². The van der Waals surface area contributed by atoms with Crippen LogP contribution in [0.25, 0.3) is 5.57 Å². The molecule has 0 radical (unpaired) electrons. The molecule has 0 aromatic heterocycles. The molecule has 0 saturated carbocycles. The molecule has 1 rings (SSSR count). The second-order valence-electron chi connectivity index (χ2n) is 3.67. The van der Waals surface area contributed by atoms with Crippen LogP contribution in [0, 0.1) is 0 Å². The Labute approximate surface area is 111 Å². The number of hydrogen-bond acceptors (Lipinski definition) is 3. The summed E-state index contributed by atoms with van der Waals surface area (Å²) in [5.41, 5.74) is 1.56. The van der Waals surface area contributed by atoms with E-state index in [0.29, 0.717) is 16.5 Å². The average molecular weight is 271 g/mol. The van der Waals surface area contributed by atoms with Crippen LogP contribution >= 0.6 is 11.6 Å². The van der Waals surface area contributed by atoms with Gasteiger partial charge in [-0.05, 0) is 18.6 Å². The normalized spacial score (nSPS) is 11.2. The zero-order chi connectivity index (χ0) is 13.7. The highest BCUT2D eigenvalue weighted by Crippen LogP contribution is 2.35. The minimum atomic E-state index is -0.880. The van der Waals surface area contributed by atoms with E-state index in [-0.39, 0.29) is 6.42 Å². The Balaban J connectivity index is 3.20. The van der Waals surface area contributed by atoms with Crippen LogP contribution < -0.4 is 9.47 Å². The van der Waals surface area contributed by atoms with Gasteiger partial charge in [0.25, 0.3) is 0 Å². The highest BCUT2D eigenvalue weighted by molar-refractivity contribution is 6.32. The lowest BCUT2D eigenvalue weighted by atomic mass is 10.0. The summed E-state index contributed by atoms with van der Waals surface area (Å²) in [6.07, 6.45) is 1.58. The fourth-order valence-corrected chi connectivity index (χ4v) is 1.75. The Morgan fingerprint density at radius 3 is 2.44 bits per heavy atom. The van der Waals surface area contributed by atoms with Gasteiger partial charge in [0, 0.05) is 11.6 Å². The van der Waals surface area contributed by atoms with Gasteiger partial charge >= 0.3 is 5.97 Å². The minimum absolute atomic E-state index is 0.0417. The molecule has 0 saturated heterocycles. The van der Waals surface area contributed by atoms with Crippen LogP contribution in [0.5, 0.6) is 11.5 Å². The average Bonchev–Trinajstić information content (AvgIpc) is 2.35. The molecule has 0 atom stereocenters. The summed E-state index contributed by atoms with van der Waals surface area (Å²) < 4.78 is 10.4. The van der Waals surface area contributed by atoms with Crippen LogP contribution in [0.15, 0.2) is 18.2 Å². The largest absolute Gasteiger partial charge is 0.496 e. The smallest absolute Gasteiger partial charge is 0.307 e. The number of hydrogen-bond donors (Lipinski definition) is 1. The molecule has 1 aromatic carbocycles. The van der Waals surface area contributed by atoms with Gasteiger partial charge in [-0.1, -0.05) is 17.7 Å². The van der Waals surface area contributed by atoms with E-state index in [9.17, 15) is 4.79 Å². The predicted octanol–water partition coefficient (Wildman–Crippen LogP) is 3.24. The maximum atomic E-state index is 10.5.